The first-order valence-electron chi connectivity index (χ1n) is 9.46. The minimum Gasteiger partial charge on any atom is -0.484 e. The SMILES string of the molecule is Cc1nc2cc(OCc3nc(C(=O)NCCC4(O)CCCC4)co3)ccc2s1. The molecule has 28 heavy (non-hydrogen) atoms. The van der Waals surface area contributed by atoms with Gasteiger partial charge in [0.2, 0.25) is 5.89 Å². The first-order chi connectivity index (χ1) is 13.5. The van der Waals surface area contributed by atoms with Crippen LogP contribution in [-0.4, -0.2) is 33.1 Å². The van der Waals surface area contributed by atoms with E-state index in [9.17, 15) is 9.90 Å². The van der Waals surface area contributed by atoms with Crippen LogP contribution in [0.3, 0.4) is 0 Å². The maximum atomic E-state index is 12.2. The Morgan fingerprint density at radius 3 is 3.00 bits per heavy atom. The molecule has 7 nitrogen and oxygen atoms in total. The lowest BCUT2D eigenvalue weighted by Crippen LogP contribution is -2.33. The number of fused-ring (bicyclic) bond motifs is 1. The molecule has 0 atom stereocenters. The van der Waals surface area contributed by atoms with Crippen molar-refractivity contribution in [3.05, 3.63) is 41.1 Å². The fourth-order valence-corrected chi connectivity index (χ4v) is 4.33. The van der Waals surface area contributed by atoms with Crippen LogP contribution in [0.4, 0.5) is 0 Å². The number of amides is 1. The van der Waals surface area contributed by atoms with Gasteiger partial charge in [-0.2, -0.15) is 0 Å². The van der Waals surface area contributed by atoms with E-state index in [2.05, 4.69) is 15.3 Å². The average molecular weight is 401 g/mol. The van der Waals surface area contributed by atoms with Crippen LogP contribution in [0.25, 0.3) is 10.2 Å². The van der Waals surface area contributed by atoms with Crippen molar-refractivity contribution in [2.45, 2.75) is 51.2 Å². The highest BCUT2D eigenvalue weighted by Crippen LogP contribution is 2.31. The summed E-state index contributed by atoms with van der Waals surface area (Å²) in [5.74, 6) is 0.692. The van der Waals surface area contributed by atoms with Crippen LogP contribution in [-0.2, 0) is 6.61 Å². The van der Waals surface area contributed by atoms with Gasteiger partial charge in [0, 0.05) is 12.6 Å². The normalized spacial score (nSPS) is 15.8. The molecule has 1 amide bonds. The monoisotopic (exact) mass is 401 g/mol. The van der Waals surface area contributed by atoms with E-state index >= 15 is 0 Å². The zero-order valence-electron chi connectivity index (χ0n) is 15.7. The molecule has 0 spiro atoms. The summed E-state index contributed by atoms with van der Waals surface area (Å²) in [4.78, 5) is 20.8. The van der Waals surface area contributed by atoms with Crippen LogP contribution >= 0.6 is 11.3 Å². The second-order valence-corrected chi connectivity index (χ2v) is 8.45. The quantitative estimate of drug-likeness (QED) is 0.628. The summed E-state index contributed by atoms with van der Waals surface area (Å²) in [6, 6.07) is 5.73. The van der Waals surface area contributed by atoms with Gasteiger partial charge in [0.05, 0.1) is 20.8 Å². The molecule has 0 saturated heterocycles. The molecule has 3 aromatic rings. The molecule has 1 saturated carbocycles. The van der Waals surface area contributed by atoms with E-state index in [0.29, 0.717) is 24.6 Å². The summed E-state index contributed by atoms with van der Waals surface area (Å²) in [6.07, 6.45) is 5.59. The molecule has 2 heterocycles. The summed E-state index contributed by atoms with van der Waals surface area (Å²) in [6.45, 7) is 2.52. The predicted molar refractivity (Wildman–Crippen MR) is 106 cm³/mol. The van der Waals surface area contributed by atoms with E-state index in [4.69, 9.17) is 9.15 Å². The maximum Gasteiger partial charge on any atom is 0.273 e. The lowest BCUT2D eigenvalue weighted by Gasteiger charge is -2.21. The molecule has 4 rings (SSSR count). The Balaban J connectivity index is 1.28. The van der Waals surface area contributed by atoms with E-state index < -0.39 is 5.60 Å². The summed E-state index contributed by atoms with van der Waals surface area (Å²) in [5, 5.41) is 14.1. The smallest absolute Gasteiger partial charge is 0.273 e. The topological polar surface area (TPSA) is 97.5 Å². The number of nitrogens with one attached hydrogen (secondary N) is 1. The molecule has 148 valence electrons. The van der Waals surface area contributed by atoms with Gasteiger partial charge < -0.3 is 19.6 Å². The van der Waals surface area contributed by atoms with Crippen molar-refractivity contribution in [1.82, 2.24) is 15.3 Å². The first-order valence-corrected chi connectivity index (χ1v) is 10.3. The lowest BCUT2D eigenvalue weighted by atomic mass is 9.98. The zero-order chi connectivity index (χ0) is 19.6. The van der Waals surface area contributed by atoms with E-state index in [1.165, 1.54) is 6.26 Å². The summed E-state index contributed by atoms with van der Waals surface area (Å²) >= 11 is 1.64. The molecular formula is C20H23N3O4S. The zero-order valence-corrected chi connectivity index (χ0v) is 16.6. The summed E-state index contributed by atoms with van der Waals surface area (Å²) in [7, 11) is 0. The number of ether oxygens (including phenoxy) is 1. The molecule has 2 N–H and O–H groups in total. The molecule has 8 heteroatoms. The number of aliphatic hydroxyl groups is 1. The van der Waals surface area contributed by atoms with E-state index in [-0.39, 0.29) is 18.2 Å². The van der Waals surface area contributed by atoms with Crippen LogP contribution in [0.2, 0.25) is 0 Å². The van der Waals surface area contributed by atoms with Crippen LogP contribution in [0.5, 0.6) is 5.75 Å². The number of nitrogens with zero attached hydrogens (tertiary/aromatic N) is 2. The maximum absolute atomic E-state index is 12.2. The van der Waals surface area contributed by atoms with Gasteiger partial charge in [-0.25, -0.2) is 9.97 Å². The largest absolute Gasteiger partial charge is 0.484 e. The van der Waals surface area contributed by atoms with Gasteiger partial charge in [0.1, 0.15) is 12.0 Å². The van der Waals surface area contributed by atoms with Gasteiger partial charge in [0.25, 0.3) is 5.91 Å². The fraction of sp³-hybridized carbons (Fsp3) is 0.450. The molecule has 2 aromatic heterocycles. The molecular weight excluding hydrogens is 378 g/mol. The van der Waals surface area contributed by atoms with Gasteiger partial charge in [0.15, 0.2) is 12.3 Å². The standard InChI is InChI=1S/C20H23N3O4S/c1-13-22-15-10-14(4-5-17(15)28-13)26-12-18-23-16(11-27-18)19(24)21-9-8-20(25)6-2-3-7-20/h4-5,10-11,25H,2-3,6-9,12H2,1H3,(H,21,24). The van der Waals surface area contributed by atoms with Crippen molar-refractivity contribution in [1.29, 1.82) is 0 Å². The fourth-order valence-electron chi connectivity index (χ4n) is 3.52. The molecule has 0 unspecified atom stereocenters. The number of aryl methyl sites for hydroxylation is 1. The highest BCUT2D eigenvalue weighted by Gasteiger charge is 2.30. The van der Waals surface area contributed by atoms with Crippen LogP contribution in [0.15, 0.2) is 28.9 Å². The van der Waals surface area contributed by atoms with E-state index in [0.717, 1.165) is 40.9 Å². The Kier molecular flexibility index (Phi) is 5.32. The van der Waals surface area contributed by atoms with Crippen molar-refractivity contribution in [2.75, 3.05) is 6.54 Å². The molecule has 1 aliphatic rings. The Morgan fingerprint density at radius 2 is 2.18 bits per heavy atom. The number of rotatable bonds is 7. The van der Waals surface area contributed by atoms with Crippen LogP contribution < -0.4 is 10.1 Å². The molecule has 0 aliphatic heterocycles. The van der Waals surface area contributed by atoms with Crippen molar-refractivity contribution in [3.8, 4) is 5.75 Å². The van der Waals surface area contributed by atoms with Gasteiger partial charge >= 0.3 is 0 Å². The third kappa shape index (κ3) is 4.34. The van der Waals surface area contributed by atoms with Crippen molar-refractivity contribution in [2.24, 2.45) is 0 Å². The molecule has 1 fully saturated rings. The molecule has 0 radical (unpaired) electrons. The number of hydrogen-bond acceptors (Lipinski definition) is 7. The highest BCUT2D eigenvalue weighted by atomic mass is 32.1. The van der Waals surface area contributed by atoms with Gasteiger partial charge in [-0.15, -0.1) is 11.3 Å². The Morgan fingerprint density at radius 1 is 1.36 bits per heavy atom. The Hall–Kier alpha value is -2.45. The minimum atomic E-state index is -0.632. The second kappa shape index (κ2) is 7.89. The molecule has 1 aromatic carbocycles. The number of aromatic nitrogens is 2. The third-order valence-corrected chi connectivity index (χ3v) is 5.97. The first kappa shape index (κ1) is 18.9. The van der Waals surface area contributed by atoms with Gasteiger partial charge in [-0.3, -0.25) is 4.79 Å². The molecule has 0 bridgehead atoms. The Labute approximate surface area is 166 Å². The molecule has 1 aliphatic carbocycles. The number of thiazole rings is 1. The average Bonchev–Trinajstić information content (AvgIpc) is 3.38. The number of benzene rings is 1. The van der Waals surface area contributed by atoms with Crippen molar-refractivity contribution < 1.29 is 19.1 Å². The predicted octanol–water partition coefficient (Wildman–Crippen LogP) is 3.60. The van der Waals surface area contributed by atoms with Crippen molar-refractivity contribution in [3.63, 3.8) is 0 Å². The summed E-state index contributed by atoms with van der Waals surface area (Å²) < 4.78 is 12.2. The van der Waals surface area contributed by atoms with E-state index in [1.54, 1.807) is 11.3 Å². The minimum absolute atomic E-state index is 0.127. The van der Waals surface area contributed by atoms with Crippen molar-refractivity contribution >= 4 is 27.5 Å². The second-order valence-electron chi connectivity index (χ2n) is 7.21. The Bertz CT molecular complexity index is 975. The van der Waals surface area contributed by atoms with Gasteiger partial charge in [-0.1, -0.05) is 12.8 Å². The van der Waals surface area contributed by atoms with E-state index in [1.807, 2.05) is 25.1 Å². The third-order valence-electron chi connectivity index (χ3n) is 5.02. The number of hydrogen-bond donors (Lipinski definition) is 2. The lowest BCUT2D eigenvalue weighted by molar-refractivity contribution is 0.0389. The highest BCUT2D eigenvalue weighted by molar-refractivity contribution is 7.18. The van der Waals surface area contributed by atoms with Crippen LogP contribution in [0, 0.1) is 6.92 Å². The summed E-state index contributed by atoms with van der Waals surface area (Å²) in [5.41, 5.74) is 0.478. The number of carbonyl (C=O) groups is 1. The van der Waals surface area contributed by atoms with Crippen LogP contribution in [0.1, 0.15) is 53.5 Å². The number of carbonyl (C=O) groups excluding carboxylic acids is 1. The number of oxazole rings is 1. The van der Waals surface area contributed by atoms with Gasteiger partial charge in [-0.05, 0) is 38.3 Å².